The SMILES string of the molecule is CNc1nccc(-c2cccnc2Oc2ccc(NC(=O)Nc3ccc(OC4CCN(C)CC4)cc3)cc2)n1. The average Bonchev–Trinajstić information content (AvgIpc) is 2.96. The number of nitrogens with zero attached hydrogens (tertiary/aromatic N) is 4. The number of ether oxygens (including phenoxy) is 2. The van der Waals surface area contributed by atoms with Gasteiger partial charge in [0.05, 0.1) is 11.3 Å². The Morgan fingerprint density at radius 1 is 0.872 bits per heavy atom. The molecule has 0 saturated carbocycles. The van der Waals surface area contributed by atoms with Crippen LogP contribution in [0.2, 0.25) is 0 Å². The molecule has 3 heterocycles. The zero-order chi connectivity index (χ0) is 27.0. The van der Waals surface area contributed by atoms with Crippen LogP contribution in [0, 0.1) is 0 Å². The smallest absolute Gasteiger partial charge is 0.323 e. The number of aromatic nitrogens is 3. The van der Waals surface area contributed by atoms with Gasteiger partial charge in [0.2, 0.25) is 11.8 Å². The Hall–Kier alpha value is -4.70. The standard InChI is InChI=1S/C29H31N7O3/c1-30-28-32-17-13-26(35-28)25-4-3-16-31-27(25)39-23-11-7-21(8-12-23)34-29(37)33-20-5-9-22(10-6-20)38-24-14-18-36(2)19-15-24/h3-13,16-17,24H,14-15,18-19H2,1-2H3,(H,30,32,35)(H2,33,34,37). The molecular formula is C29H31N7O3. The van der Waals surface area contributed by atoms with Gasteiger partial charge in [-0.05, 0) is 86.6 Å². The number of urea groups is 1. The molecule has 0 bridgehead atoms. The van der Waals surface area contributed by atoms with Crippen molar-refractivity contribution >= 4 is 23.4 Å². The van der Waals surface area contributed by atoms with E-state index in [0.717, 1.165) is 37.2 Å². The van der Waals surface area contributed by atoms with Crippen LogP contribution < -0.4 is 25.4 Å². The number of pyridine rings is 1. The van der Waals surface area contributed by atoms with Crippen LogP contribution in [-0.2, 0) is 0 Å². The van der Waals surface area contributed by atoms with Crippen molar-refractivity contribution in [3.63, 3.8) is 0 Å². The van der Waals surface area contributed by atoms with E-state index in [1.54, 1.807) is 49.8 Å². The van der Waals surface area contributed by atoms with E-state index in [2.05, 4.69) is 42.8 Å². The van der Waals surface area contributed by atoms with Gasteiger partial charge in [-0.25, -0.2) is 19.7 Å². The molecule has 1 fully saturated rings. The number of carbonyl (C=O) groups excluding carboxylic acids is 1. The Labute approximate surface area is 227 Å². The highest BCUT2D eigenvalue weighted by molar-refractivity contribution is 5.99. The lowest BCUT2D eigenvalue weighted by Gasteiger charge is -2.29. The number of nitrogens with one attached hydrogen (secondary N) is 3. The monoisotopic (exact) mass is 525 g/mol. The van der Waals surface area contributed by atoms with Gasteiger partial charge in [-0.3, -0.25) is 0 Å². The van der Waals surface area contributed by atoms with E-state index in [-0.39, 0.29) is 12.1 Å². The minimum Gasteiger partial charge on any atom is -0.490 e. The maximum absolute atomic E-state index is 12.5. The van der Waals surface area contributed by atoms with Crippen LogP contribution in [0.5, 0.6) is 17.4 Å². The van der Waals surface area contributed by atoms with Crippen LogP contribution in [0.1, 0.15) is 12.8 Å². The maximum atomic E-state index is 12.5. The molecule has 10 nitrogen and oxygen atoms in total. The Morgan fingerprint density at radius 2 is 1.54 bits per heavy atom. The first kappa shape index (κ1) is 25.9. The Morgan fingerprint density at radius 3 is 2.21 bits per heavy atom. The highest BCUT2D eigenvalue weighted by Gasteiger charge is 2.18. The van der Waals surface area contributed by atoms with Gasteiger partial charge >= 0.3 is 6.03 Å². The maximum Gasteiger partial charge on any atom is 0.323 e. The van der Waals surface area contributed by atoms with Gasteiger partial charge in [-0.2, -0.15) is 0 Å². The molecule has 0 spiro atoms. The van der Waals surface area contributed by atoms with E-state index >= 15 is 0 Å². The number of anilines is 3. The molecule has 10 heteroatoms. The fraction of sp³-hybridized carbons (Fsp3) is 0.241. The minimum atomic E-state index is -0.344. The molecule has 0 aliphatic carbocycles. The molecular weight excluding hydrogens is 494 g/mol. The molecule has 200 valence electrons. The summed E-state index contributed by atoms with van der Waals surface area (Å²) in [7, 11) is 3.89. The van der Waals surface area contributed by atoms with Crippen molar-refractivity contribution in [2.45, 2.75) is 18.9 Å². The number of hydrogen-bond acceptors (Lipinski definition) is 8. The van der Waals surface area contributed by atoms with Crippen LogP contribution in [0.4, 0.5) is 22.1 Å². The van der Waals surface area contributed by atoms with E-state index in [1.165, 1.54) is 0 Å². The second kappa shape index (κ2) is 12.2. The lowest BCUT2D eigenvalue weighted by atomic mass is 10.1. The van der Waals surface area contributed by atoms with Gasteiger partial charge in [0.1, 0.15) is 17.6 Å². The van der Waals surface area contributed by atoms with Crippen molar-refractivity contribution in [3.05, 3.63) is 79.1 Å². The largest absolute Gasteiger partial charge is 0.490 e. The van der Waals surface area contributed by atoms with Crippen molar-refractivity contribution in [2.24, 2.45) is 0 Å². The second-order valence-electron chi connectivity index (χ2n) is 9.22. The lowest BCUT2D eigenvalue weighted by Crippen LogP contribution is -2.35. The normalized spacial score (nSPS) is 13.9. The fourth-order valence-electron chi connectivity index (χ4n) is 4.22. The lowest BCUT2D eigenvalue weighted by molar-refractivity contribution is 0.114. The molecule has 5 rings (SSSR count). The third-order valence-corrected chi connectivity index (χ3v) is 6.33. The number of likely N-dealkylation sites (tertiary alicyclic amines) is 1. The van der Waals surface area contributed by atoms with Crippen LogP contribution in [0.3, 0.4) is 0 Å². The summed E-state index contributed by atoms with van der Waals surface area (Å²) in [5.74, 6) is 2.31. The van der Waals surface area contributed by atoms with Crippen molar-refractivity contribution in [2.75, 3.05) is 43.1 Å². The third-order valence-electron chi connectivity index (χ3n) is 6.33. The number of hydrogen-bond donors (Lipinski definition) is 3. The van der Waals surface area contributed by atoms with Gasteiger partial charge in [0.15, 0.2) is 0 Å². The first-order chi connectivity index (χ1) is 19.1. The number of amides is 2. The first-order valence-electron chi connectivity index (χ1n) is 12.8. The fourth-order valence-corrected chi connectivity index (χ4v) is 4.22. The summed E-state index contributed by atoms with van der Waals surface area (Å²) in [5.41, 5.74) is 2.73. The van der Waals surface area contributed by atoms with Crippen molar-refractivity contribution in [1.29, 1.82) is 0 Å². The molecule has 0 radical (unpaired) electrons. The molecule has 2 aromatic heterocycles. The molecule has 1 aliphatic rings. The zero-order valence-electron chi connectivity index (χ0n) is 21.9. The van der Waals surface area contributed by atoms with E-state index in [0.29, 0.717) is 34.6 Å². The number of piperidine rings is 1. The Balaban J connectivity index is 1.15. The van der Waals surface area contributed by atoms with Gasteiger partial charge in [0.25, 0.3) is 0 Å². The Bertz CT molecular complexity index is 1390. The number of carbonyl (C=O) groups is 1. The predicted molar refractivity (Wildman–Crippen MR) is 152 cm³/mol. The quantitative estimate of drug-likeness (QED) is 0.277. The average molecular weight is 526 g/mol. The molecule has 1 aliphatic heterocycles. The van der Waals surface area contributed by atoms with Crippen LogP contribution in [0.15, 0.2) is 79.1 Å². The molecule has 0 atom stereocenters. The predicted octanol–water partition coefficient (Wildman–Crippen LogP) is 5.49. The minimum absolute atomic E-state index is 0.234. The van der Waals surface area contributed by atoms with Gasteiger partial charge < -0.3 is 30.3 Å². The summed E-state index contributed by atoms with van der Waals surface area (Å²) in [5, 5.41) is 8.61. The van der Waals surface area contributed by atoms with E-state index in [4.69, 9.17) is 9.47 Å². The number of rotatable bonds is 8. The van der Waals surface area contributed by atoms with Crippen LogP contribution in [-0.4, -0.2) is 59.2 Å². The molecule has 4 aromatic rings. The summed E-state index contributed by atoms with van der Waals surface area (Å²) in [6.45, 7) is 2.09. The van der Waals surface area contributed by atoms with Crippen LogP contribution in [0.25, 0.3) is 11.3 Å². The third kappa shape index (κ3) is 6.99. The van der Waals surface area contributed by atoms with Crippen molar-refractivity contribution in [1.82, 2.24) is 19.9 Å². The molecule has 0 unspecified atom stereocenters. The van der Waals surface area contributed by atoms with E-state index in [1.807, 2.05) is 36.4 Å². The first-order valence-corrected chi connectivity index (χ1v) is 12.8. The van der Waals surface area contributed by atoms with Crippen molar-refractivity contribution < 1.29 is 14.3 Å². The summed E-state index contributed by atoms with van der Waals surface area (Å²) >= 11 is 0. The summed E-state index contributed by atoms with van der Waals surface area (Å²) < 4.78 is 12.1. The van der Waals surface area contributed by atoms with Crippen molar-refractivity contribution in [3.8, 4) is 28.6 Å². The topological polar surface area (TPSA) is 114 Å². The molecule has 2 aromatic carbocycles. The molecule has 39 heavy (non-hydrogen) atoms. The van der Waals surface area contributed by atoms with Gasteiger partial charge in [-0.1, -0.05) is 0 Å². The zero-order valence-corrected chi connectivity index (χ0v) is 21.9. The van der Waals surface area contributed by atoms with Gasteiger partial charge in [0, 0.05) is 43.9 Å². The van der Waals surface area contributed by atoms with Gasteiger partial charge in [-0.15, -0.1) is 0 Å². The summed E-state index contributed by atoms with van der Waals surface area (Å²) in [6, 6.07) is 19.7. The highest BCUT2D eigenvalue weighted by atomic mass is 16.5. The van der Waals surface area contributed by atoms with E-state index in [9.17, 15) is 4.79 Å². The molecule has 3 N–H and O–H groups in total. The summed E-state index contributed by atoms with van der Waals surface area (Å²) in [4.78, 5) is 27.8. The molecule has 1 saturated heterocycles. The Kier molecular flexibility index (Phi) is 8.13. The molecule has 2 amide bonds. The summed E-state index contributed by atoms with van der Waals surface area (Å²) in [6.07, 6.45) is 5.61. The highest BCUT2D eigenvalue weighted by Crippen LogP contribution is 2.31. The van der Waals surface area contributed by atoms with E-state index < -0.39 is 0 Å². The van der Waals surface area contributed by atoms with Crippen LogP contribution >= 0.6 is 0 Å². The number of benzene rings is 2. The second-order valence-corrected chi connectivity index (χ2v) is 9.22.